The van der Waals surface area contributed by atoms with Crippen molar-refractivity contribution in [3.8, 4) is 0 Å². The summed E-state index contributed by atoms with van der Waals surface area (Å²) in [6.45, 7) is 14.4. The molecule has 0 radical (unpaired) electrons. The molecule has 0 N–H and O–H groups in total. The Hall–Kier alpha value is -2.38. The summed E-state index contributed by atoms with van der Waals surface area (Å²) in [5.74, 6) is -4.61. The summed E-state index contributed by atoms with van der Waals surface area (Å²) in [6.07, 6.45) is 0. The quantitative estimate of drug-likeness (QED) is 0.154. The Morgan fingerprint density at radius 2 is 0.600 bits per heavy atom. The van der Waals surface area contributed by atoms with E-state index in [9.17, 15) is 19.2 Å². The van der Waals surface area contributed by atoms with Crippen LogP contribution >= 0.6 is 0 Å². The van der Waals surface area contributed by atoms with Gasteiger partial charge in [-0.05, 0) is 23.7 Å². The highest BCUT2D eigenvalue weighted by molar-refractivity contribution is 6.27. The molecule has 0 amide bonds. The van der Waals surface area contributed by atoms with E-state index in [1.807, 2.05) is 55.4 Å². The predicted octanol–water partition coefficient (Wildman–Crippen LogP) is 3.08. The van der Waals surface area contributed by atoms with E-state index in [0.717, 1.165) is 0 Å². The standard InChI is InChI=1S/C22H36O8/c1-13(2)9-27-19(23)17(20(24)28-10-14(3)4)18(21(25)29-11-15(5)6)22(26)30-12-16(7)8/h13-16H,9-12H2,1-8H3. The molecule has 0 atom stereocenters. The van der Waals surface area contributed by atoms with E-state index in [4.69, 9.17) is 18.9 Å². The van der Waals surface area contributed by atoms with E-state index < -0.39 is 35.0 Å². The molecule has 0 saturated heterocycles. The first-order valence-electron chi connectivity index (χ1n) is 10.3. The van der Waals surface area contributed by atoms with E-state index in [2.05, 4.69) is 0 Å². The number of ether oxygens (including phenoxy) is 4. The molecule has 0 saturated carbocycles. The van der Waals surface area contributed by atoms with Crippen LogP contribution in [0, 0.1) is 23.7 Å². The molecule has 30 heavy (non-hydrogen) atoms. The smallest absolute Gasteiger partial charge is 0.346 e. The SMILES string of the molecule is CC(C)COC(=O)C(C(=O)OCC(C)C)=C(C(=O)OCC(C)C)C(=O)OCC(C)C. The lowest BCUT2D eigenvalue weighted by atomic mass is 10.1. The maximum absolute atomic E-state index is 12.7. The molecular weight excluding hydrogens is 392 g/mol. The van der Waals surface area contributed by atoms with Gasteiger partial charge in [0.05, 0.1) is 26.4 Å². The number of rotatable bonds is 12. The maximum Gasteiger partial charge on any atom is 0.346 e. The van der Waals surface area contributed by atoms with Crippen LogP contribution < -0.4 is 0 Å². The molecule has 0 aliphatic heterocycles. The molecule has 172 valence electrons. The molecule has 0 rings (SSSR count). The van der Waals surface area contributed by atoms with Gasteiger partial charge in [0.25, 0.3) is 0 Å². The first kappa shape index (κ1) is 27.6. The average molecular weight is 429 g/mol. The van der Waals surface area contributed by atoms with E-state index in [1.165, 1.54) is 0 Å². The first-order chi connectivity index (χ1) is 13.9. The van der Waals surface area contributed by atoms with Gasteiger partial charge in [0, 0.05) is 0 Å². The lowest BCUT2D eigenvalue weighted by Gasteiger charge is -2.16. The van der Waals surface area contributed by atoms with E-state index in [-0.39, 0.29) is 50.1 Å². The second-order valence-electron chi connectivity index (χ2n) is 8.72. The molecule has 0 heterocycles. The van der Waals surface area contributed by atoms with Crippen LogP contribution in [0.15, 0.2) is 11.1 Å². The Labute approximate surface area is 179 Å². The molecule has 0 fully saturated rings. The number of carbonyl (C=O) groups is 4. The number of carbonyl (C=O) groups excluding carboxylic acids is 4. The molecule has 0 aromatic rings. The topological polar surface area (TPSA) is 105 Å². The van der Waals surface area contributed by atoms with Crippen molar-refractivity contribution in [3.05, 3.63) is 11.1 Å². The summed E-state index contributed by atoms with van der Waals surface area (Å²) in [5.41, 5.74) is -1.61. The van der Waals surface area contributed by atoms with Crippen molar-refractivity contribution in [2.45, 2.75) is 55.4 Å². The highest BCUT2D eigenvalue weighted by Gasteiger charge is 2.36. The van der Waals surface area contributed by atoms with E-state index in [1.54, 1.807) is 0 Å². The van der Waals surface area contributed by atoms with Crippen molar-refractivity contribution in [2.75, 3.05) is 26.4 Å². The molecule has 0 aromatic carbocycles. The van der Waals surface area contributed by atoms with Crippen LogP contribution in [0.3, 0.4) is 0 Å². The number of hydrogen-bond donors (Lipinski definition) is 0. The highest BCUT2D eigenvalue weighted by Crippen LogP contribution is 2.16. The van der Waals surface area contributed by atoms with E-state index >= 15 is 0 Å². The minimum Gasteiger partial charge on any atom is -0.462 e. The second kappa shape index (κ2) is 13.8. The highest BCUT2D eigenvalue weighted by atomic mass is 16.6. The summed E-state index contributed by atoms with van der Waals surface area (Å²) in [4.78, 5) is 50.7. The van der Waals surface area contributed by atoms with Crippen molar-refractivity contribution < 1.29 is 38.1 Å². The lowest BCUT2D eigenvalue weighted by molar-refractivity contribution is -0.154. The Morgan fingerprint density at radius 3 is 0.733 bits per heavy atom. The number of hydrogen-bond acceptors (Lipinski definition) is 8. The predicted molar refractivity (Wildman–Crippen MR) is 110 cm³/mol. The molecule has 0 unspecified atom stereocenters. The van der Waals surface area contributed by atoms with Crippen molar-refractivity contribution in [1.82, 2.24) is 0 Å². The van der Waals surface area contributed by atoms with Gasteiger partial charge in [0.2, 0.25) is 0 Å². The zero-order chi connectivity index (χ0) is 23.4. The Kier molecular flexibility index (Phi) is 12.7. The van der Waals surface area contributed by atoms with E-state index in [0.29, 0.717) is 0 Å². The van der Waals surface area contributed by atoms with Crippen LogP contribution in [-0.4, -0.2) is 50.3 Å². The first-order valence-corrected chi connectivity index (χ1v) is 10.3. The molecular formula is C22H36O8. The van der Waals surface area contributed by atoms with Gasteiger partial charge in [-0.15, -0.1) is 0 Å². The maximum atomic E-state index is 12.7. The molecule has 0 aliphatic carbocycles. The lowest BCUT2D eigenvalue weighted by Crippen LogP contribution is -2.30. The Balaban J connectivity index is 6.20. The minimum absolute atomic E-state index is 0.00480. The van der Waals surface area contributed by atoms with Crippen molar-refractivity contribution in [2.24, 2.45) is 23.7 Å². The fourth-order valence-electron chi connectivity index (χ4n) is 1.83. The van der Waals surface area contributed by atoms with Gasteiger partial charge in [-0.3, -0.25) is 0 Å². The fraction of sp³-hybridized carbons (Fsp3) is 0.727. The molecule has 8 heteroatoms. The normalized spacial score (nSPS) is 10.9. The zero-order valence-corrected chi connectivity index (χ0v) is 19.4. The average Bonchev–Trinajstić information content (AvgIpc) is 2.64. The van der Waals surface area contributed by atoms with Crippen molar-refractivity contribution in [3.63, 3.8) is 0 Å². The summed E-state index contributed by atoms with van der Waals surface area (Å²) in [6, 6.07) is 0. The summed E-state index contributed by atoms with van der Waals surface area (Å²) < 4.78 is 20.5. The van der Waals surface area contributed by atoms with Gasteiger partial charge in [-0.1, -0.05) is 55.4 Å². The van der Waals surface area contributed by atoms with Crippen LogP contribution in [0.5, 0.6) is 0 Å². The minimum atomic E-state index is -1.13. The van der Waals surface area contributed by atoms with Gasteiger partial charge in [0.1, 0.15) is 0 Å². The van der Waals surface area contributed by atoms with Gasteiger partial charge < -0.3 is 18.9 Å². The van der Waals surface area contributed by atoms with Gasteiger partial charge in [0.15, 0.2) is 11.1 Å². The number of esters is 4. The van der Waals surface area contributed by atoms with Crippen LogP contribution in [0.1, 0.15) is 55.4 Å². The van der Waals surface area contributed by atoms with Crippen molar-refractivity contribution >= 4 is 23.9 Å². The molecule has 0 aliphatic rings. The summed E-state index contributed by atoms with van der Waals surface area (Å²) in [5, 5.41) is 0. The van der Waals surface area contributed by atoms with Gasteiger partial charge in [-0.25, -0.2) is 19.2 Å². The third-order valence-corrected chi connectivity index (χ3v) is 3.26. The summed E-state index contributed by atoms with van der Waals surface area (Å²) in [7, 11) is 0. The molecule has 0 aromatic heterocycles. The fourth-order valence-corrected chi connectivity index (χ4v) is 1.83. The van der Waals surface area contributed by atoms with Crippen molar-refractivity contribution in [1.29, 1.82) is 0 Å². The second-order valence-corrected chi connectivity index (χ2v) is 8.72. The van der Waals surface area contributed by atoms with Gasteiger partial charge in [-0.2, -0.15) is 0 Å². The monoisotopic (exact) mass is 428 g/mol. The van der Waals surface area contributed by atoms with Crippen LogP contribution in [-0.2, 0) is 38.1 Å². The van der Waals surface area contributed by atoms with Crippen LogP contribution in [0.2, 0.25) is 0 Å². The molecule has 8 nitrogen and oxygen atoms in total. The molecule has 0 bridgehead atoms. The summed E-state index contributed by atoms with van der Waals surface area (Å²) >= 11 is 0. The third-order valence-electron chi connectivity index (χ3n) is 3.26. The largest absolute Gasteiger partial charge is 0.462 e. The Bertz CT molecular complexity index is 523. The molecule has 0 spiro atoms. The zero-order valence-electron chi connectivity index (χ0n) is 19.4. The van der Waals surface area contributed by atoms with Gasteiger partial charge >= 0.3 is 23.9 Å². The van der Waals surface area contributed by atoms with Crippen LogP contribution in [0.4, 0.5) is 0 Å². The Morgan fingerprint density at radius 1 is 0.433 bits per heavy atom. The van der Waals surface area contributed by atoms with Crippen LogP contribution in [0.25, 0.3) is 0 Å². The third kappa shape index (κ3) is 11.0.